The van der Waals surface area contributed by atoms with Crippen LogP contribution >= 0.6 is 24.0 Å². The molecule has 1 saturated heterocycles. The van der Waals surface area contributed by atoms with Crippen LogP contribution in [0, 0.1) is 11.3 Å². The monoisotopic (exact) mass is 509 g/mol. The third-order valence-electron chi connectivity index (χ3n) is 6.13. The van der Waals surface area contributed by atoms with Gasteiger partial charge in [0.05, 0.1) is 18.0 Å². The van der Waals surface area contributed by atoms with Gasteiger partial charge < -0.3 is 15.0 Å². The molecule has 1 aliphatic heterocycles. The number of nitrogens with one attached hydrogen (secondary N) is 1. The first-order valence-corrected chi connectivity index (χ1v) is 10.2. The van der Waals surface area contributed by atoms with E-state index in [-0.39, 0.29) is 29.4 Å². The molecular weight excluding hydrogens is 477 g/mol. The topological polar surface area (TPSA) is 54.7 Å². The van der Waals surface area contributed by atoms with Gasteiger partial charge in [-0.15, -0.1) is 24.0 Å². The highest BCUT2D eigenvalue weighted by molar-refractivity contribution is 14.0. The lowest BCUT2D eigenvalue weighted by atomic mass is 9.57. The molecule has 3 atom stereocenters. The number of rotatable bonds is 5. The van der Waals surface area contributed by atoms with Crippen LogP contribution in [0.25, 0.3) is 5.69 Å². The van der Waals surface area contributed by atoms with Gasteiger partial charge in [0.1, 0.15) is 0 Å². The highest BCUT2D eigenvalue weighted by atomic mass is 127. The lowest BCUT2D eigenvalue weighted by Gasteiger charge is -2.55. The van der Waals surface area contributed by atoms with Gasteiger partial charge in [0.15, 0.2) is 5.96 Å². The number of benzene rings is 1. The maximum absolute atomic E-state index is 5.94. The summed E-state index contributed by atoms with van der Waals surface area (Å²) in [6, 6.07) is 10.6. The minimum absolute atomic E-state index is 0. The zero-order valence-electron chi connectivity index (χ0n) is 17.7. The number of hydrogen-bond donors (Lipinski definition) is 1. The number of para-hydroxylation sites is 1. The molecule has 7 heteroatoms. The van der Waals surface area contributed by atoms with E-state index in [1.807, 2.05) is 29.1 Å². The van der Waals surface area contributed by atoms with Gasteiger partial charge in [-0.05, 0) is 25.5 Å². The average molecular weight is 509 g/mol. The van der Waals surface area contributed by atoms with E-state index >= 15 is 0 Å². The first kappa shape index (κ1) is 22.1. The van der Waals surface area contributed by atoms with Crippen molar-refractivity contribution in [3.8, 4) is 5.69 Å². The fourth-order valence-electron chi connectivity index (χ4n) is 4.70. The summed E-state index contributed by atoms with van der Waals surface area (Å²) in [4.78, 5) is 6.94. The first-order chi connectivity index (χ1) is 13.5. The van der Waals surface area contributed by atoms with Crippen molar-refractivity contribution in [1.82, 2.24) is 20.0 Å². The molecule has 2 fully saturated rings. The Kier molecular flexibility index (Phi) is 6.88. The van der Waals surface area contributed by atoms with Crippen molar-refractivity contribution >= 4 is 29.9 Å². The largest absolute Gasteiger partial charge is 0.377 e. The van der Waals surface area contributed by atoms with Gasteiger partial charge in [-0.25, -0.2) is 4.68 Å². The molecule has 2 aromatic rings. The predicted molar refractivity (Wildman–Crippen MR) is 127 cm³/mol. The number of hydrogen-bond acceptors (Lipinski definition) is 3. The van der Waals surface area contributed by atoms with Crippen LogP contribution in [0.3, 0.4) is 0 Å². The van der Waals surface area contributed by atoms with Crippen molar-refractivity contribution < 1.29 is 4.74 Å². The van der Waals surface area contributed by atoms with Crippen LogP contribution in [0.15, 0.2) is 47.7 Å². The molecule has 0 spiro atoms. The Morgan fingerprint density at radius 2 is 2.10 bits per heavy atom. The minimum atomic E-state index is 0. The molecule has 2 heterocycles. The molecule has 29 heavy (non-hydrogen) atoms. The molecule has 1 saturated carbocycles. The summed E-state index contributed by atoms with van der Waals surface area (Å²) in [6.45, 7) is 9.07. The first-order valence-electron chi connectivity index (χ1n) is 10.2. The van der Waals surface area contributed by atoms with Gasteiger partial charge in [0, 0.05) is 55.9 Å². The molecule has 1 aromatic heterocycles. The molecule has 1 aliphatic carbocycles. The van der Waals surface area contributed by atoms with Crippen molar-refractivity contribution in [2.45, 2.75) is 45.9 Å². The Hall–Kier alpha value is -1.61. The second-order valence-corrected chi connectivity index (χ2v) is 8.47. The van der Waals surface area contributed by atoms with Crippen molar-refractivity contribution in [2.75, 3.05) is 20.2 Å². The molecule has 0 amide bonds. The maximum Gasteiger partial charge on any atom is 0.194 e. The Balaban J connectivity index is 0.00000240. The molecule has 1 aromatic carbocycles. The number of guanidine groups is 1. The van der Waals surface area contributed by atoms with E-state index in [2.05, 4.69) is 61.5 Å². The van der Waals surface area contributed by atoms with Gasteiger partial charge >= 0.3 is 0 Å². The van der Waals surface area contributed by atoms with E-state index in [4.69, 9.17) is 9.73 Å². The quantitative estimate of drug-likeness (QED) is 0.380. The number of aliphatic imine (C=N–C) groups is 1. The van der Waals surface area contributed by atoms with Gasteiger partial charge in [-0.3, -0.25) is 4.99 Å². The fraction of sp³-hybridized carbons (Fsp3) is 0.545. The molecular formula is C22H32IN5O. The molecule has 0 radical (unpaired) electrons. The summed E-state index contributed by atoms with van der Waals surface area (Å²) in [5.74, 6) is 1.55. The van der Waals surface area contributed by atoms with E-state index in [1.165, 1.54) is 0 Å². The van der Waals surface area contributed by atoms with Crippen molar-refractivity contribution in [2.24, 2.45) is 16.3 Å². The standard InChI is InChI=1S/C22H31N5O.HI/c1-5-23-21(25-19-18-11-12-28-20(18)22(19,2)3)26(4)14-16-13-24-27(15-16)17-9-7-6-8-10-17;/h6-10,13,15,18-20H,5,11-12,14H2,1-4H3,(H,23,25);1H. The third kappa shape index (κ3) is 4.30. The molecule has 0 bridgehead atoms. The normalized spacial score (nSPS) is 25.0. The van der Waals surface area contributed by atoms with Gasteiger partial charge in [-0.1, -0.05) is 32.0 Å². The van der Waals surface area contributed by atoms with Crippen molar-refractivity contribution in [3.05, 3.63) is 48.3 Å². The molecule has 4 rings (SSSR count). The summed E-state index contributed by atoms with van der Waals surface area (Å²) in [5, 5.41) is 8.26. The smallest absolute Gasteiger partial charge is 0.194 e. The summed E-state index contributed by atoms with van der Waals surface area (Å²) in [6.07, 6.45) is 5.53. The Morgan fingerprint density at radius 3 is 2.83 bits per heavy atom. The van der Waals surface area contributed by atoms with Gasteiger partial charge in [0.2, 0.25) is 0 Å². The molecule has 3 unspecified atom stereocenters. The van der Waals surface area contributed by atoms with Crippen LogP contribution in [-0.4, -0.2) is 53.0 Å². The van der Waals surface area contributed by atoms with E-state index in [9.17, 15) is 0 Å². The van der Waals surface area contributed by atoms with Crippen LogP contribution < -0.4 is 5.32 Å². The van der Waals surface area contributed by atoms with E-state index in [0.29, 0.717) is 18.1 Å². The Morgan fingerprint density at radius 1 is 1.34 bits per heavy atom. The average Bonchev–Trinajstić information content (AvgIpc) is 3.34. The Bertz CT molecular complexity index is 835. The third-order valence-corrected chi connectivity index (χ3v) is 6.13. The van der Waals surface area contributed by atoms with Gasteiger partial charge in [-0.2, -0.15) is 5.10 Å². The number of nitrogens with zero attached hydrogens (tertiary/aromatic N) is 4. The molecule has 1 N–H and O–H groups in total. The summed E-state index contributed by atoms with van der Waals surface area (Å²) in [7, 11) is 2.09. The lowest BCUT2D eigenvalue weighted by molar-refractivity contribution is -0.107. The number of halogens is 1. The SMILES string of the molecule is CCN=C(NC1C2CCOC2C1(C)C)N(C)Cc1cnn(-c2ccccc2)c1.I. The van der Waals surface area contributed by atoms with Crippen LogP contribution in [0.5, 0.6) is 0 Å². The number of fused-ring (bicyclic) bond motifs is 1. The Labute approximate surface area is 190 Å². The summed E-state index contributed by atoms with van der Waals surface area (Å²) < 4.78 is 7.85. The minimum Gasteiger partial charge on any atom is -0.377 e. The van der Waals surface area contributed by atoms with Crippen LogP contribution in [-0.2, 0) is 11.3 Å². The fourth-order valence-corrected chi connectivity index (χ4v) is 4.70. The van der Waals surface area contributed by atoms with Gasteiger partial charge in [0.25, 0.3) is 0 Å². The predicted octanol–water partition coefficient (Wildman–Crippen LogP) is 3.70. The van der Waals surface area contributed by atoms with Crippen molar-refractivity contribution in [1.29, 1.82) is 0 Å². The van der Waals surface area contributed by atoms with Crippen LogP contribution in [0.2, 0.25) is 0 Å². The second kappa shape index (κ2) is 9.04. The molecule has 6 nitrogen and oxygen atoms in total. The van der Waals surface area contributed by atoms with E-state index < -0.39 is 0 Å². The van der Waals surface area contributed by atoms with Crippen LogP contribution in [0.1, 0.15) is 32.8 Å². The summed E-state index contributed by atoms with van der Waals surface area (Å²) in [5.41, 5.74) is 2.36. The second-order valence-electron chi connectivity index (χ2n) is 8.47. The highest BCUT2D eigenvalue weighted by Crippen LogP contribution is 2.52. The van der Waals surface area contributed by atoms with E-state index in [1.54, 1.807) is 0 Å². The van der Waals surface area contributed by atoms with Crippen LogP contribution in [0.4, 0.5) is 0 Å². The maximum atomic E-state index is 5.94. The zero-order chi connectivity index (χ0) is 19.7. The van der Waals surface area contributed by atoms with Crippen molar-refractivity contribution in [3.63, 3.8) is 0 Å². The summed E-state index contributed by atoms with van der Waals surface area (Å²) >= 11 is 0. The zero-order valence-corrected chi connectivity index (χ0v) is 20.0. The van der Waals surface area contributed by atoms with E-state index in [0.717, 1.165) is 43.3 Å². The molecule has 158 valence electrons. The highest BCUT2D eigenvalue weighted by Gasteiger charge is 2.59. The molecule has 2 aliphatic rings. The number of aromatic nitrogens is 2. The number of ether oxygens (including phenoxy) is 1. The lowest BCUT2D eigenvalue weighted by Crippen LogP contribution is -2.67.